The fourth-order valence-corrected chi connectivity index (χ4v) is 3.03. The number of amides is 1. The monoisotopic (exact) mass is 366 g/mol. The van der Waals surface area contributed by atoms with Crippen molar-refractivity contribution in [2.75, 3.05) is 38.0 Å². The average Bonchev–Trinajstić information content (AvgIpc) is 2.97. The van der Waals surface area contributed by atoms with Gasteiger partial charge in [-0.25, -0.2) is 4.39 Å². The van der Waals surface area contributed by atoms with Crippen molar-refractivity contribution in [2.24, 2.45) is 0 Å². The third-order valence-electron chi connectivity index (χ3n) is 4.10. The van der Waals surface area contributed by atoms with Crippen LogP contribution in [0.1, 0.15) is 11.5 Å². The molecule has 0 bridgehead atoms. The summed E-state index contributed by atoms with van der Waals surface area (Å²) < 4.78 is 18.1. The first kappa shape index (κ1) is 17.8. The van der Waals surface area contributed by atoms with Crippen LogP contribution in [-0.2, 0) is 11.3 Å². The Kier molecular flexibility index (Phi) is 5.67. The number of benzene rings is 1. The van der Waals surface area contributed by atoms with Crippen LogP contribution in [0, 0.1) is 12.7 Å². The van der Waals surface area contributed by atoms with Gasteiger partial charge in [0.2, 0.25) is 5.91 Å². The number of anilines is 1. The van der Waals surface area contributed by atoms with Gasteiger partial charge in [0.1, 0.15) is 11.6 Å². The fraction of sp³-hybridized carbons (Fsp3) is 0.412. The number of carbonyl (C=O) groups is 1. The summed E-state index contributed by atoms with van der Waals surface area (Å²) in [7, 11) is 0. The summed E-state index contributed by atoms with van der Waals surface area (Å²) in [5.74, 6) is 0.222. The van der Waals surface area contributed by atoms with Crippen molar-refractivity contribution in [3.05, 3.63) is 46.6 Å². The van der Waals surface area contributed by atoms with Crippen molar-refractivity contribution in [3.8, 4) is 0 Å². The Morgan fingerprint density at radius 3 is 2.64 bits per heavy atom. The lowest BCUT2D eigenvalue weighted by molar-refractivity contribution is -0.117. The van der Waals surface area contributed by atoms with E-state index in [-0.39, 0.29) is 17.5 Å². The van der Waals surface area contributed by atoms with Crippen LogP contribution in [0.5, 0.6) is 0 Å². The van der Waals surface area contributed by atoms with E-state index in [0.29, 0.717) is 5.69 Å². The number of piperazine rings is 1. The molecule has 1 aromatic heterocycles. The Morgan fingerprint density at radius 2 is 2.00 bits per heavy atom. The maximum atomic E-state index is 13.0. The maximum absolute atomic E-state index is 13.0. The molecule has 3 rings (SSSR count). The van der Waals surface area contributed by atoms with E-state index in [9.17, 15) is 9.18 Å². The van der Waals surface area contributed by atoms with Crippen molar-refractivity contribution >= 4 is 23.2 Å². The van der Waals surface area contributed by atoms with E-state index in [0.717, 1.165) is 44.2 Å². The molecule has 1 amide bonds. The Hall–Kier alpha value is -1.96. The average molecular weight is 367 g/mol. The molecule has 0 atom stereocenters. The third-order valence-corrected chi connectivity index (χ3v) is 4.41. The van der Waals surface area contributed by atoms with Gasteiger partial charge in [0.15, 0.2) is 0 Å². The van der Waals surface area contributed by atoms with E-state index in [1.54, 1.807) is 0 Å². The molecule has 1 saturated heterocycles. The van der Waals surface area contributed by atoms with Gasteiger partial charge in [0, 0.05) is 38.8 Å². The zero-order valence-corrected chi connectivity index (χ0v) is 14.7. The van der Waals surface area contributed by atoms with Gasteiger partial charge in [0.05, 0.1) is 22.9 Å². The van der Waals surface area contributed by atoms with Crippen LogP contribution in [0.4, 0.5) is 10.1 Å². The molecule has 0 radical (unpaired) electrons. The van der Waals surface area contributed by atoms with Gasteiger partial charge >= 0.3 is 0 Å². The first-order valence-corrected chi connectivity index (χ1v) is 8.49. The molecular weight excluding hydrogens is 347 g/mol. The lowest BCUT2D eigenvalue weighted by Crippen LogP contribution is -2.48. The molecule has 1 aliphatic heterocycles. The van der Waals surface area contributed by atoms with Crippen molar-refractivity contribution in [2.45, 2.75) is 13.5 Å². The van der Waals surface area contributed by atoms with Gasteiger partial charge in [0.25, 0.3) is 0 Å². The van der Waals surface area contributed by atoms with E-state index in [1.165, 1.54) is 18.2 Å². The van der Waals surface area contributed by atoms with Crippen LogP contribution < -0.4 is 5.32 Å². The van der Waals surface area contributed by atoms with E-state index in [1.807, 2.05) is 13.0 Å². The normalized spacial score (nSPS) is 16.1. The summed E-state index contributed by atoms with van der Waals surface area (Å²) in [6, 6.07) is 5.85. The van der Waals surface area contributed by atoms with Crippen molar-refractivity contribution < 1.29 is 13.7 Å². The summed E-state index contributed by atoms with van der Waals surface area (Å²) in [6.45, 7) is 6.21. The minimum absolute atomic E-state index is 0.158. The topological polar surface area (TPSA) is 61.6 Å². The molecule has 8 heteroatoms. The van der Waals surface area contributed by atoms with Crippen LogP contribution in [-0.4, -0.2) is 53.6 Å². The lowest BCUT2D eigenvalue weighted by Gasteiger charge is -2.33. The van der Waals surface area contributed by atoms with Gasteiger partial charge in [-0.2, -0.15) is 0 Å². The number of hydrogen-bond donors (Lipinski definition) is 1. The van der Waals surface area contributed by atoms with Crippen molar-refractivity contribution in [3.63, 3.8) is 0 Å². The number of halogens is 2. The van der Waals surface area contributed by atoms with Crippen LogP contribution in [0.15, 0.2) is 28.8 Å². The summed E-state index contributed by atoms with van der Waals surface area (Å²) in [5, 5.41) is 6.92. The molecule has 6 nitrogen and oxygen atoms in total. The molecular formula is C17H20ClFN4O2. The van der Waals surface area contributed by atoms with Crippen molar-refractivity contribution in [1.29, 1.82) is 0 Å². The summed E-state index contributed by atoms with van der Waals surface area (Å²) in [5.41, 5.74) is 1.35. The van der Waals surface area contributed by atoms with Gasteiger partial charge in [-0.05, 0) is 25.1 Å². The van der Waals surface area contributed by atoms with E-state index < -0.39 is 5.82 Å². The minimum Gasteiger partial charge on any atom is -0.361 e. The lowest BCUT2D eigenvalue weighted by atomic mass is 10.2. The predicted molar refractivity (Wildman–Crippen MR) is 93.0 cm³/mol. The summed E-state index contributed by atoms with van der Waals surface area (Å²) in [4.78, 5) is 16.5. The first-order chi connectivity index (χ1) is 12.0. The zero-order valence-electron chi connectivity index (χ0n) is 14.0. The van der Waals surface area contributed by atoms with Gasteiger partial charge in [-0.1, -0.05) is 16.8 Å². The minimum atomic E-state index is -0.429. The Bertz CT molecular complexity index is 744. The Labute approximate surface area is 150 Å². The smallest absolute Gasteiger partial charge is 0.238 e. The third kappa shape index (κ3) is 5.01. The van der Waals surface area contributed by atoms with E-state index >= 15 is 0 Å². The number of aromatic nitrogens is 1. The maximum Gasteiger partial charge on any atom is 0.238 e. The Morgan fingerprint density at radius 1 is 1.28 bits per heavy atom. The van der Waals surface area contributed by atoms with Crippen LogP contribution in [0.25, 0.3) is 0 Å². The van der Waals surface area contributed by atoms with Crippen molar-refractivity contribution in [1.82, 2.24) is 15.0 Å². The standard InChI is InChI=1S/C17H20ClFN4O2/c1-12-8-14(21-25-12)10-22-4-6-23(7-5-22)11-17(24)20-16-3-2-13(19)9-15(16)18/h2-3,8-9H,4-7,10-11H2,1H3,(H,20,24). The van der Waals surface area contributed by atoms with Gasteiger partial charge < -0.3 is 9.84 Å². The molecule has 2 aromatic rings. The first-order valence-electron chi connectivity index (χ1n) is 8.11. The number of aryl methyl sites for hydroxylation is 1. The van der Waals surface area contributed by atoms with Crippen LogP contribution in [0.3, 0.4) is 0 Å². The number of carbonyl (C=O) groups excluding carboxylic acids is 1. The molecule has 1 aromatic carbocycles. The molecule has 1 fully saturated rings. The molecule has 0 aliphatic carbocycles. The van der Waals surface area contributed by atoms with Gasteiger partial charge in [-0.3, -0.25) is 14.6 Å². The fourth-order valence-electron chi connectivity index (χ4n) is 2.81. The zero-order chi connectivity index (χ0) is 17.8. The molecule has 25 heavy (non-hydrogen) atoms. The van der Waals surface area contributed by atoms with Gasteiger partial charge in [-0.15, -0.1) is 0 Å². The highest BCUT2D eigenvalue weighted by atomic mass is 35.5. The second-order valence-electron chi connectivity index (χ2n) is 6.15. The highest BCUT2D eigenvalue weighted by Gasteiger charge is 2.20. The number of nitrogens with one attached hydrogen (secondary N) is 1. The highest BCUT2D eigenvalue weighted by Crippen LogP contribution is 2.22. The number of nitrogens with zero attached hydrogens (tertiary/aromatic N) is 3. The van der Waals surface area contributed by atoms with Crippen LogP contribution in [0.2, 0.25) is 5.02 Å². The number of rotatable bonds is 5. The SMILES string of the molecule is Cc1cc(CN2CCN(CC(=O)Nc3ccc(F)cc3Cl)CC2)no1. The highest BCUT2D eigenvalue weighted by molar-refractivity contribution is 6.33. The Balaban J connectivity index is 1.44. The summed E-state index contributed by atoms with van der Waals surface area (Å²) in [6.07, 6.45) is 0. The molecule has 0 saturated carbocycles. The number of hydrogen-bond acceptors (Lipinski definition) is 5. The largest absolute Gasteiger partial charge is 0.361 e. The molecule has 2 heterocycles. The van der Waals surface area contributed by atoms with Crippen LogP contribution >= 0.6 is 11.6 Å². The molecule has 1 aliphatic rings. The predicted octanol–water partition coefficient (Wildman–Crippen LogP) is 2.53. The molecule has 0 spiro atoms. The van der Waals surface area contributed by atoms with E-state index in [2.05, 4.69) is 20.3 Å². The summed E-state index contributed by atoms with van der Waals surface area (Å²) >= 11 is 5.93. The second-order valence-corrected chi connectivity index (χ2v) is 6.56. The molecule has 1 N–H and O–H groups in total. The molecule has 0 unspecified atom stereocenters. The van der Waals surface area contributed by atoms with E-state index in [4.69, 9.17) is 16.1 Å². The quantitative estimate of drug-likeness (QED) is 0.881. The second kappa shape index (κ2) is 7.95. The molecule has 134 valence electrons.